The van der Waals surface area contributed by atoms with Gasteiger partial charge in [0.25, 0.3) is 0 Å². The zero-order valence-corrected chi connectivity index (χ0v) is 10.9. The van der Waals surface area contributed by atoms with Crippen LogP contribution in [0.3, 0.4) is 0 Å². The van der Waals surface area contributed by atoms with Crippen molar-refractivity contribution in [1.82, 2.24) is 0 Å². The molecule has 1 nitrogen and oxygen atoms in total. The van der Waals surface area contributed by atoms with E-state index < -0.39 is 5.60 Å². The first-order valence-corrected chi connectivity index (χ1v) is 6.28. The molecule has 0 saturated carbocycles. The highest BCUT2D eigenvalue weighted by Crippen LogP contribution is 2.30. The lowest BCUT2D eigenvalue weighted by molar-refractivity contribution is -0.00644. The molecule has 0 aromatic carbocycles. The second-order valence-electron chi connectivity index (χ2n) is 5.34. The van der Waals surface area contributed by atoms with Gasteiger partial charge in [0.05, 0.1) is 5.60 Å². The third-order valence-corrected chi connectivity index (χ3v) is 2.89. The highest BCUT2D eigenvalue weighted by molar-refractivity contribution is 4.87. The van der Waals surface area contributed by atoms with E-state index in [0.29, 0.717) is 11.8 Å². The minimum Gasteiger partial charge on any atom is -0.390 e. The maximum Gasteiger partial charge on any atom is 0.0655 e. The molecule has 1 heteroatoms. The molecule has 0 amide bonds. The molecule has 15 heavy (non-hydrogen) atoms. The van der Waals surface area contributed by atoms with E-state index in [0.717, 1.165) is 32.1 Å². The summed E-state index contributed by atoms with van der Waals surface area (Å²) in [5.74, 6) is 0.967. The first-order chi connectivity index (χ1) is 6.93. The molecule has 0 fully saturated rings. The van der Waals surface area contributed by atoms with Crippen LogP contribution in [0.5, 0.6) is 0 Å². The molecule has 2 atom stereocenters. The summed E-state index contributed by atoms with van der Waals surface area (Å²) in [4.78, 5) is 0. The van der Waals surface area contributed by atoms with Crippen molar-refractivity contribution in [3.05, 3.63) is 12.7 Å². The van der Waals surface area contributed by atoms with Gasteiger partial charge >= 0.3 is 0 Å². The smallest absolute Gasteiger partial charge is 0.0655 e. The topological polar surface area (TPSA) is 20.2 Å². The van der Waals surface area contributed by atoms with Gasteiger partial charge < -0.3 is 5.11 Å². The van der Waals surface area contributed by atoms with Gasteiger partial charge in [-0.25, -0.2) is 0 Å². The second-order valence-corrected chi connectivity index (χ2v) is 5.34. The van der Waals surface area contributed by atoms with E-state index in [-0.39, 0.29) is 0 Å². The number of allylic oxidation sites excluding steroid dienone is 1. The van der Waals surface area contributed by atoms with Crippen LogP contribution in [0.25, 0.3) is 0 Å². The third-order valence-electron chi connectivity index (χ3n) is 2.89. The number of rotatable bonds is 8. The van der Waals surface area contributed by atoms with E-state index >= 15 is 0 Å². The van der Waals surface area contributed by atoms with Gasteiger partial charge in [0.1, 0.15) is 0 Å². The van der Waals surface area contributed by atoms with Crippen LogP contribution in [0.15, 0.2) is 12.7 Å². The van der Waals surface area contributed by atoms with E-state index in [1.165, 1.54) is 0 Å². The van der Waals surface area contributed by atoms with E-state index in [4.69, 9.17) is 0 Å². The van der Waals surface area contributed by atoms with Gasteiger partial charge in [0.2, 0.25) is 0 Å². The maximum atomic E-state index is 10.6. The fourth-order valence-electron chi connectivity index (χ4n) is 2.24. The van der Waals surface area contributed by atoms with E-state index in [1.54, 1.807) is 0 Å². The van der Waals surface area contributed by atoms with Gasteiger partial charge in [-0.05, 0) is 31.1 Å². The minimum atomic E-state index is -0.474. The Hall–Kier alpha value is -0.300. The van der Waals surface area contributed by atoms with Gasteiger partial charge in [-0.3, -0.25) is 0 Å². The van der Waals surface area contributed by atoms with Crippen LogP contribution in [-0.4, -0.2) is 10.7 Å². The molecule has 0 spiro atoms. The molecule has 0 aromatic heterocycles. The van der Waals surface area contributed by atoms with E-state index in [9.17, 15) is 5.11 Å². The first-order valence-electron chi connectivity index (χ1n) is 6.28. The number of unbranched alkanes of at least 4 members (excludes halogenated alkanes) is 1. The Labute approximate surface area is 95.6 Å². The highest BCUT2D eigenvalue weighted by Gasteiger charge is 2.28. The standard InChI is InChI=1S/C14H28O/c1-6-8-9-14(15,10-12(3)4)11-13(5)7-2/h7,12-13,15H,2,6,8-11H2,1,3-5H3. The average molecular weight is 212 g/mol. The zero-order chi connectivity index (χ0) is 11.9. The number of hydrogen-bond donors (Lipinski definition) is 1. The summed E-state index contributed by atoms with van der Waals surface area (Å²) in [6.07, 6.45) is 6.91. The van der Waals surface area contributed by atoms with Gasteiger partial charge in [-0.15, -0.1) is 6.58 Å². The molecule has 0 aliphatic rings. The Bertz CT molecular complexity index is 174. The monoisotopic (exact) mass is 212 g/mol. The lowest BCUT2D eigenvalue weighted by atomic mass is 9.81. The zero-order valence-electron chi connectivity index (χ0n) is 10.9. The Morgan fingerprint density at radius 1 is 1.27 bits per heavy atom. The van der Waals surface area contributed by atoms with Crippen molar-refractivity contribution in [3.63, 3.8) is 0 Å². The predicted octanol–water partition coefficient (Wildman–Crippen LogP) is 4.17. The van der Waals surface area contributed by atoms with Gasteiger partial charge in [-0.2, -0.15) is 0 Å². The largest absolute Gasteiger partial charge is 0.390 e. The molecule has 0 rings (SSSR count). The number of hydrogen-bond acceptors (Lipinski definition) is 1. The van der Waals surface area contributed by atoms with Crippen molar-refractivity contribution < 1.29 is 5.11 Å². The number of aliphatic hydroxyl groups is 1. The lowest BCUT2D eigenvalue weighted by Gasteiger charge is -2.31. The van der Waals surface area contributed by atoms with Gasteiger partial charge in [-0.1, -0.05) is 46.6 Å². The molecule has 0 bridgehead atoms. The van der Waals surface area contributed by atoms with Crippen LogP contribution in [-0.2, 0) is 0 Å². The molecule has 0 aromatic rings. The van der Waals surface area contributed by atoms with Crippen LogP contribution in [0.4, 0.5) is 0 Å². The Balaban J connectivity index is 4.31. The summed E-state index contributed by atoms with van der Waals surface area (Å²) in [5.41, 5.74) is -0.474. The van der Waals surface area contributed by atoms with E-state index in [1.807, 2.05) is 6.08 Å². The Morgan fingerprint density at radius 2 is 1.87 bits per heavy atom. The van der Waals surface area contributed by atoms with Crippen molar-refractivity contribution >= 4 is 0 Å². The van der Waals surface area contributed by atoms with E-state index in [2.05, 4.69) is 34.3 Å². The normalized spacial score (nSPS) is 17.5. The summed E-state index contributed by atoms with van der Waals surface area (Å²) >= 11 is 0. The van der Waals surface area contributed by atoms with Gasteiger partial charge in [0.15, 0.2) is 0 Å². The van der Waals surface area contributed by atoms with Gasteiger partial charge in [0, 0.05) is 0 Å². The SMILES string of the molecule is C=CC(C)CC(O)(CCCC)CC(C)C. The average Bonchev–Trinajstić information content (AvgIpc) is 2.13. The summed E-state index contributed by atoms with van der Waals surface area (Å²) in [6, 6.07) is 0. The lowest BCUT2D eigenvalue weighted by Crippen LogP contribution is -2.32. The predicted molar refractivity (Wildman–Crippen MR) is 67.9 cm³/mol. The van der Waals surface area contributed by atoms with Crippen LogP contribution in [0.1, 0.15) is 59.8 Å². The third kappa shape index (κ3) is 6.72. The van der Waals surface area contributed by atoms with Crippen LogP contribution in [0, 0.1) is 11.8 Å². The van der Waals surface area contributed by atoms with Crippen molar-refractivity contribution in [2.75, 3.05) is 0 Å². The van der Waals surface area contributed by atoms with Crippen molar-refractivity contribution in [2.24, 2.45) is 11.8 Å². The van der Waals surface area contributed by atoms with Crippen LogP contribution < -0.4 is 0 Å². The fraction of sp³-hybridized carbons (Fsp3) is 0.857. The molecule has 2 unspecified atom stereocenters. The molecular weight excluding hydrogens is 184 g/mol. The van der Waals surface area contributed by atoms with Crippen molar-refractivity contribution in [1.29, 1.82) is 0 Å². The molecular formula is C14H28O. The summed E-state index contributed by atoms with van der Waals surface area (Å²) in [5, 5.41) is 10.6. The highest BCUT2D eigenvalue weighted by atomic mass is 16.3. The van der Waals surface area contributed by atoms with Crippen molar-refractivity contribution in [2.45, 2.75) is 65.4 Å². The molecule has 90 valence electrons. The molecule has 0 radical (unpaired) electrons. The van der Waals surface area contributed by atoms with Crippen molar-refractivity contribution in [3.8, 4) is 0 Å². The summed E-state index contributed by atoms with van der Waals surface area (Å²) in [6.45, 7) is 12.4. The minimum absolute atomic E-state index is 0.408. The molecule has 0 heterocycles. The summed E-state index contributed by atoms with van der Waals surface area (Å²) < 4.78 is 0. The first kappa shape index (κ1) is 14.7. The molecule has 0 saturated heterocycles. The Morgan fingerprint density at radius 3 is 2.27 bits per heavy atom. The molecule has 0 aliphatic heterocycles. The van der Waals surface area contributed by atoms with Crippen LogP contribution in [0.2, 0.25) is 0 Å². The van der Waals surface area contributed by atoms with Crippen LogP contribution >= 0.6 is 0 Å². The second kappa shape index (κ2) is 7.05. The molecule has 1 N–H and O–H groups in total. The summed E-state index contributed by atoms with van der Waals surface area (Å²) in [7, 11) is 0. The molecule has 0 aliphatic carbocycles. The maximum absolute atomic E-state index is 10.6. The fourth-order valence-corrected chi connectivity index (χ4v) is 2.24. The Kier molecular flexibility index (Phi) is 6.91. The quantitative estimate of drug-likeness (QED) is 0.599.